The molecule has 5 fully saturated rings. The standard InChI is InChI=1S/C37H52N2O6/c1-41-12-2-10-39-11-15-43-34-9-4-26(19-32(34)39)25-44-35-24-38-23-33(40)36(35)30-5-7-31(8-6-30)42-13-3-14-45-37-20-27-16-28(21-37)18-29(17-27)22-37/h4-9,19,27-29,33,35-36,38,40H,2-3,10-18,20-25H2,1H3. The van der Waals surface area contributed by atoms with E-state index in [0.29, 0.717) is 32.9 Å². The monoisotopic (exact) mass is 620 g/mol. The van der Waals surface area contributed by atoms with E-state index in [1.807, 2.05) is 12.1 Å². The zero-order valence-corrected chi connectivity index (χ0v) is 27.0. The van der Waals surface area contributed by atoms with E-state index in [2.05, 4.69) is 40.5 Å². The van der Waals surface area contributed by atoms with Crippen LogP contribution in [0.4, 0.5) is 5.69 Å². The second kappa shape index (κ2) is 14.2. The fourth-order valence-corrected chi connectivity index (χ4v) is 9.25. The van der Waals surface area contributed by atoms with Crippen molar-refractivity contribution in [1.82, 2.24) is 5.32 Å². The van der Waals surface area contributed by atoms with Crippen LogP contribution >= 0.6 is 0 Å². The van der Waals surface area contributed by atoms with Gasteiger partial charge in [-0.2, -0.15) is 0 Å². The van der Waals surface area contributed by atoms with Gasteiger partial charge in [0.05, 0.1) is 49.9 Å². The summed E-state index contributed by atoms with van der Waals surface area (Å²) in [7, 11) is 1.75. The van der Waals surface area contributed by atoms with Gasteiger partial charge in [0.2, 0.25) is 0 Å². The van der Waals surface area contributed by atoms with E-state index in [4.69, 9.17) is 23.7 Å². The third-order valence-electron chi connectivity index (χ3n) is 11.0. The summed E-state index contributed by atoms with van der Waals surface area (Å²) in [5.74, 6) is 4.41. The van der Waals surface area contributed by atoms with Crippen LogP contribution < -0.4 is 19.7 Å². The summed E-state index contributed by atoms with van der Waals surface area (Å²) in [6, 6.07) is 14.6. The summed E-state index contributed by atoms with van der Waals surface area (Å²) in [5.41, 5.74) is 3.47. The molecule has 2 aromatic rings. The van der Waals surface area contributed by atoms with Gasteiger partial charge in [-0.25, -0.2) is 0 Å². The highest BCUT2D eigenvalue weighted by atomic mass is 16.5. The number of nitrogens with one attached hydrogen (secondary N) is 1. The van der Waals surface area contributed by atoms with Crippen LogP contribution in [-0.4, -0.2) is 82.6 Å². The molecule has 2 N–H and O–H groups in total. The number of benzene rings is 2. The number of methoxy groups -OCH3 is 1. The van der Waals surface area contributed by atoms with Crippen molar-refractivity contribution < 1.29 is 28.8 Å². The van der Waals surface area contributed by atoms with Gasteiger partial charge >= 0.3 is 0 Å². The number of ether oxygens (including phenoxy) is 5. The summed E-state index contributed by atoms with van der Waals surface area (Å²) in [6.45, 7) is 6.42. The largest absolute Gasteiger partial charge is 0.494 e. The molecule has 8 nitrogen and oxygen atoms in total. The Bertz CT molecular complexity index is 1220. The van der Waals surface area contributed by atoms with Crippen LogP contribution in [-0.2, 0) is 20.8 Å². The van der Waals surface area contributed by atoms with Crippen LogP contribution in [0.3, 0.4) is 0 Å². The number of fused-ring (bicyclic) bond motifs is 1. The predicted octanol–water partition coefficient (Wildman–Crippen LogP) is 5.31. The lowest BCUT2D eigenvalue weighted by molar-refractivity contribution is -0.163. The fraction of sp³-hybridized carbons (Fsp3) is 0.676. The van der Waals surface area contributed by atoms with E-state index >= 15 is 0 Å². The van der Waals surface area contributed by atoms with Gasteiger partial charge in [0, 0.05) is 45.7 Å². The van der Waals surface area contributed by atoms with E-state index in [-0.39, 0.29) is 17.6 Å². The average Bonchev–Trinajstić information content (AvgIpc) is 3.03. The number of aliphatic hydroxyl groups is 1. The quantitative estimate of drug-likeness (QED) is 0.275. The van der Waals surface area contributed by atoms with E-state index in [9.17, 15) is 5.11 Å². The highest BCUT2D eigenvalue weighted by molar-refractivity contribution is 5.61. The number of hydrogen-bond acceptors (Lipinski definition) is 8. The van der Waals surface area contributed by atoms with Crippen LogP contribution in [0.15, 0.2) is 42.5 Å². The number of β-amino-alcohol motifs (C(OH)–C–C–N with tert-alkyl or cyclic N) is 1. The lowest BCUT2D eigenvalue weighted by Gasteiger charge is -2.56. The minimum Gasteiger partial charge on any atom is -0.494 e. The summed E-state index contributed by atoms with van der Waals surface area (Å²) in [6.07, 6.45) is 9.40. The first-order valence-electron chi connectivity index (χ1n) is 17.4. The maximum absolute atomic E-state index is 11.0. The molecule has 4 aliphatic carbocycles. The lowest BCUT2D eigenvalue weighted by atomic mass is 9.54. The Balaban J connectivity index is 0.903. The van der Waals surface area contributed by atoms with Gasteiger partial charge in [0.25, 0.3) is 0 Å². The molecular formula is C37H52N2O6. The maximum atomic E-state index is 11.0. The maximum Gasteiger partial charge on any atom is 0.142 e. The normalized spacial score (nSPS) is 31.9. The van der Waals surface area contributed by atoms with Crippen molar-refractivity contribution in [2.45, 2.75) is 81.7 Å². The lowest BCUT2D eigenvalue weighted by Crippen LogP contribution is -2.52. The highest BCUT2D eigenvalue weighted by Gasteiger charge is 2.51. The van der Waals surface area contributed by atoms with Crippen molar-refractivity contribution in [3.05, 3.63) is 53.6 Å². The van der Waals surface area contributed by atoms with Crippen molar-refractivity contribution >= 4 is 5.69 Å². The van der Waals surface area contributed by atoms with Crippen molar-refractivity contribution in [3.63, 3.8) is 0 Å². The second-order valence-electron chi connectivity index (χ2n) is 14.3. The molecule has 2 aliphatic heterocycles. The second-order valence-corrected chi connectivity index (χ2v) is 14.3. The van der Waals surface area contributed by atoms with Crippen molar-refractivity contribution in [2.24, 2.45) is 17.8 Å². The molecule has 2 heterocycles. The zero-order chi connectivity index (χ0) is 30.6. The minimum absolute atomic E-state index is 0.111. The molecule has 0 radical (unpaired) electrons. The average molecular weight is 621 g/mol. The number of hydrogen-bond donors (Lipinski definition) is 2. The van der Waals surface area contributed by atoms with Gasteiger partial charge in [0.15, 0.2) is 0 Å². The molecule has 246 valence electrons. The van der Waals surface area contributed by atoms with Gasteiger partial charge in [-0.05, 0) is 98.1 Å². The van der Waals surface area contributed by atoms with Crippen LogP contribution in [0.2, 0.25) is 0 Å². The smallest absolute Gasteiger partial charge is 0.142 e. The molecule has 0 aromatic heterocycles. The number of nitrogens with zero attached hydrogens (tertiary/aromatic N) is 1. The summed E-state index contributed by atoms with van der Waals surface area (Å²) < 4.78 is 30.3. The van der Waals surface area contributed by atoms with Crippen molar-refractivity contribution in [2.75, 3.05) is 64.6 Å². The summed E-state index contributed by atoms with van der Waals surface area (Å²) in [5, 5.41) is 14.4. The van der Waals surface area contributed by atoms with Gasteiger partial charge in [-0.15, -0.1) is 0 Å². The molecule has 0 spiro atoms. The van der Waals surface area contributed by atoms with E-state index in [1.165, 1.54) is 38.5 Å². The molecule has 4 saturated carbocycles. The minimum atomic E-state index is -0.523. The highest BCUT2D eigenvalue weighted by Crippen LogP contribution is 2.57. The van der Waals surface area contributed by atoms with Crippen molar-refractivity contribution in [1.29, 1.82) is 0 Å². The molecule has 3 atom stereocenters. The number of aliphatic hydroxyl groups excluding tert-OH is 1. The van der Waals surface area contributed by atoms with Crippen LogP contribution in [0.5, 0.6) is 11.5 Å². The number of anilines is 1. The van der Waals surface area contributed by atoms with Crippen LogP contribution in [0, 0.1) is 17.8 Å². The SMILES string of the molecule is COCCCN1CCOc2ccc(COC3CNCC(O)C3c3ccc(OCCCOC45CC6CC(CC(C6)C4)C5)cc3)cc21. The van der Waals surface area contributed by atoms with Gasteiger partial charge in [-0.3, -0.25) is 0 Å². The van der Waals surface area contributed by atoms with Gasteiger partial charge in [-0.1, -0.05) is 18.2 Å². The third-order valence-corrected chi connectivity index (χ3v) is 11.0. The molecule has 8 heteroatoms. The number of rotatable bonds is 14. The Morgan fingerprint density at radius 3 is 2.47 bits per heavy atom. The predicted molar refractivity (Wildman–Crippen MR) is 174 cm³/mol. The zero-order valence-electron chi connectivity index (χ0n) is 27.0. The molecule has 8 rings (SSSR count). The Kier molecular flexibility index (Phi) is 9.85. The summed E-state index contributed by atoms with van der Waals surface area (Å²) >= 11 is 0. The third kappa shape index (κ3) is 7.31. The molecule has 0 amide bonds. The van der Waals surface area contributed by atoms with Gasteiger partial charge in [0.1, 0.15) is 18.1 Å². The van der Waals surface area contributed by atoms with Crippen LogP contribution in [0.25, 0.3) is 0 Å². The molecule has 2 aromatic carbocycles. The molecule has 45 heavy (non-hydrogen) atoms. The molecule has 6 aliphatic rings. The van der Waals surface area contributed by atoms with E-state index in [1.54, 1.807) is 7.11 Å². The Hall–Kier alpha value is -2.36. The first kappa shape index (κ1) is 31.3. The number of piperidine rings is 1. The van der Waals surface area contributed by atoms with Gasteiger partial charge < -0.3 is 39.0 Å². The van der Waals surface area contributed by atoms with Crippen LogP contribution in [0.1, 0.15) is 68.4 Å². The Morgan fingerprint density at radius 1 is 0.933 bits per heavy atom. The molecule has 3 unspecified atom stereocenters. The molecule has 1 saturated heterocycles. The van der Waals surface area contributed by atoms with Crippen molar-refractivity contribution in [3.8, 4) is 11.5 Å². The topological polar surface area (TPSA) is 81.7 Å². The summed E-state index contributed by atoms with van der Waals surface area (Å²) in [4.78, 5) is 2.37. The Morgan fingerprint density at radius 2 is 1.71 bits per heavy atom. The first-order valence-corrected chi connectivity index (χ1v) is 17.4. The molecule has 4 bridgehead atoms. The first-order chi connectivity index (χ1) is 22.1. The van der Waals surface area contributed by atoms with E-state index < -0.39 is 6.10 Å². The molecular weight excluding hydrogens is 568 g/mol. The fourth-order valence-electron chi connectivity index (χ4n) is 9.25. The Labute approximate surface area is 268 Å². The van der Waals surface area contributed by atoms with E-state index in [0.717, 1.165) is 85.2 Å².